The van der Waals surface area contributed by atoms with Crippen molar-refractivity contribution >= 4 is 5.91 Å². The number of benzene rings is 1. The van der Waals surface area contributed by atoms with Gasteiger partial charge in [-0.2, -0.15) is 0 Å². The van der Waals surface area contributed by atoms with Crippen molar-refractivity contribution in [1.29, 1.82) is 0 Å². The molecule has 0 unspecified atom stereocenters. The Morgan fingerprint density at radius 2 is 2.07 bits per heavy atom. The van der Waals surface area contributed by atoms with Crippen LogP contribution in [-0.4, -0.2) is 23.9 Å². The number of amides is 1. The van der Waals surface area contributed by atoms with Crippen LogP contribution in [0.1, 0.15) is 23.2 Å². The predicted octanol–water partition coefficient (Wildman–Crippen LogP) is 2.09. The second-order valence-electron chi connectivity index (χ2n) is 3.67. The zero-order valence-electron chi connectivity index (χ0n) is 8.61. The molecule has 79 valence electrons. The van der Waals surface area contributed by atoms with Crippen LogP contribution in [0.3, 0.4) is 0 Å². The van der Waals surface area contributed by atoms with Gasteiger partial charge in [-0.15, -0.1) is 0 Å². The van der Waals surface area contributed by atoms with Gasteiger partial charge >= 0.3 is 0 Å². The molecule has 1 fully saturated rings. The molecule has 1 amide bonds. The third-order valence-electron chi connectivity index (χ3n) is 2.64. The van der Waals surface area contributed by atoms with Crippen LogP contribution in [0.4, 0.5) is 0 Å². The molecule has 3 heteroatoms. The number of rotatable bonds is 2. The monoisotopic (exact) mass is 204 g/mol. The number of carbonyl (C=O) groups excluding carboxylic acids is 1. The molecule has 0 bridgehead atoms. The van der Waals surface area contributed by atoms with Crippen LogP contribution in [0.5, 0.6) is 5.75 Å². The Hall–Kier alpha value is -1.51. The van der Waals surface area contributed by atoms with Crippen molar-refractivity contribution in [2.24, 2.45) is 0 Å². The molecule has 1 heterocycles. The minimum absolute atomic E-state index is 0.0893. The van der Waals surface area contributed by atoms with Crippen LogP contribution in [0.15, 0.2) is 24.3 Å². The molecule has 0 spiro atoms. The van der Waals surface area contributed by atoms with Gasteiger partial charge in [0.2, 0.25) is 0 Å². The first-order valence-electron chi connectivity index (χ1n) is 5.12. The van der Waals surface area contributed by atoms with Crippen molar-refractivity contribution in [3.63, 3.8) is 0 Å². The van der Waals surface area contributed by atoms with Crippen molar-refractivity contribution in [2.45, 2.75) is 12.8 Å². The second-order valence-corrected chi connectivity index (χ2v) is 3.67. The summed E-state index contributed by atoms with van der Waals surface area (Å²) in [4.78, 5) is 13.8. The lowest BCUT2D eigenvalue weighted by molar-refractivity contribution is 0.0792. The van der Waals surface area contributed by atoms with Crippen molar-refractivity contribution < 1.29 is 9.53 Å². The molecule has 0 aliphatic carbocycles. The summed E-state index contributed by atoms with van der Waals surface area (Å²) in [5, 5.41) is 0. The molecule has 2 rings (SSSR count). The van der Waals surface area contributed by atoms with Gasteiger partial charge in [-0.3, -0.25) is 4.79 Å². The van der Waals surface area contributed by atoms with Gasteiger partial charge in [0.25, 0.3) is 5.91 Å². The minimum atomic E-state index is 0.0893. The third kappa shape index (κ3) is 2.12. The third-order valence-corrected chi connectivity index (χ3v) is 2.64. The van der Waals surface area contributed by atoms with E-state index in [1.165, 1.54) is 0 Å². The van der Waals surface area contributed by atoms with Gasteiger partial charge in [0.1, 0.15) is 12.9 Å². The topological polar surface area (TPSA) is 29.5 Å². The number of hydrogen-bond donors (Lipinski definition) is 0. The summed E-state index contributed by atoms with van der Waals surface area (Å²) < 4.78 is 4.85. The highest BCUT2D eigenvalue weighted by atomic mass is 16.5. The lowest BCUT2D eigenvalue weighted by Crippen LogP contribution is -2.27. The van der Waals surface area contributed by atoms with Crippen LogP contribution in [0.2, 0.25) is 0 Å². The molecule has 1 saturated heterocycles. The molecule has 0 N–H and O–H groups in total. The van der Waals surface area contributed by atoms with Gasteiger partial charge in [0.05, 0.1) is 0 Å². The van der Waals surface area contributed by atoms with Gasteiger partial charge in [0.15, 0.2) is 0 Å². The van der Waals surface area contributed by atoms with Crippen molar-refractivity contribution in [1.82, 2.24) is 4.90 Å². The number of ether oxygens (including phenoxy) is 1. The van der Waals surface area contributed by atoms with Crippen molar-refractivity contribution in [3.8, 4) is 5.75 Å². The SMILES string of the molecule is [CH2]Oc1cccc(C(=O)N2CCCC2)c1. The highest BCUT2D eigenvalue weighted by molar-refractivity contribution is 5.94. The maximum absolute atomic E-state index is 12.0. The normalized spacial score (nSPS) is 15.4. The smallest absolute Gasteiger partial charge is 0.253 e. The van der Waals surface area contributed by atoms with E-state index in [2.05, 4.69) is 7.11 Å². The molecule has 1 aliphatic heterocycles. The zero-order valence-corrected chi connectivity index (χ0v) is 8.61. The average Bonchev–Trinajstić information content (AvgIpc) is 2.81. The van der Waals surface area contributed by atoms with Crippen LogP contribution in [0, 0.1) is 7.11 Å². The Kier molecular flexibility index (Phi) is 2.90. The highest BCUT2D eigenvalue weighted by Crippen LogP contribution is 2.17. The maximum Gasteiger partial charge on any atom is 0.253 e. The number of hydrogen-bond acceptors (Lipinski definition) is 2. The summed E-state index contributed by atoms with van der Waals surface area (Å²) in [6, 6.07) is 7.13. The Morgan fingerprint density at radius 3 is 2.73 bits per heavy atom. The van der Waals surface area contributed by atoms with E-state index in [4.69, 9.17) is 4.74 Å². The van der Waals surface area contributed by atoms with Crippen molar-refractivity contribution in [3.05, 3.63) is 36.9 Å². The Morgan fingerprint density at radius 1 is 1.33 bits per heavy atom. The minimum Gasteiger partial charge on any atom is -0.490 e. The van der Waals surface area contributed by atoms with Crippen molar-refractivity contribution in [2.75, 3.05) is 13.1 Å². The van der Waals surface area contributed by atoms with E-state index in [9.17, 15) is 4.79 Å². The molecular formula is C12H14NO2. The molecular weight excluding hydrogens is 190 g/mol. The quantitative estimate of drug-likeness (QED) is 0.738. The van der Waals surface area contributed by atoms with E-state index in [-0.39, 0.29) is 5.91 Å². The van der Waals surface area contributed by atoms with E-state index in [1.807, 2.05) is 17.0 Å². The number of likely N-dealkylation sites (tertiary alicyclic amines) is 1. The maximum atomic E-state index is 12.0. The molecule has 1 aromatic carbocycles. The molecule has 1 aromatic rings. The van der Waals surface area contributed by atoms with Gasteiger partial charge in [-0.05, 0) is 31.0 Å². The molecule has 1 radical (unpaired) electrons. The van der Waals surface area contributed by atoms with E-state index < -0.39 is 0 Å². The summed E-state index contributed by atoms with van der Waals surface area (Å²) in [7, 11) is 3.33. The lowest BCUT2D eigenvalue weighted by atomic mass is 10.2. The Bertz CT molecular complexity index is 356. The van der Waals surface area contributed by atoms with Gasteiger partial charge in [-0.1, -0.05) is 6.07 Å². The summed E-state index contributed by atoms with van der Waals surface area (Å²) in [5.74, 6) is 0.714. The summed E-state index contributed by atoms with van der Waals surface area (Å²) in [5.41, 5.74) is 0.679. The molecule has 0 aromatic heterocycles. The van der Waals surface area contributed by atoms with Gasteiger partial charge in [-0.25, -0.2) is 0 Å². The zero-order chi connectivity index (χ0) is 10.7. The van der Waals surface area contributed by atoms with E-state index in [0.29, 0.717) is 11.3 Å². The predicted molar refractivity (Wildman–Crippen MR) is 57.6 cm³/mol. The van der Waals surface area contributed by atoms with E-state index in [1.54, 1.807) is 12.1 Å². The second kappa shape index (κ2) is 4.34. The average molecular weight is 204 g/mol. The van der Waals surface area contributed by atoms with Crippen LogP contribution in [-0.2, 0) is 0 Å². The summed E-state index contributed by atoms with van der Waals surface area (Å²) >= 11 is 0. The first kappa shape index (κ1) is 10.0. The fraction of sp³-hybridized carbons (Fsp3) is 0.333. The molecule has 15 heavy (non-hydrogen) atoms. The molecule has 3 nitrogen and oxygen atoms in total. The van der Waals surface area contributed by atoms with Gasteiger partial charge < -0.3 is 9.64 Å². The van der Waals surface area contributed by atoms with Crippen LogP contribution >= 0.6 is 0 Å². The summed E-state index contributed by atoms with van der Waals surface area (Å²) in [6.07, 6.45) is 2.22. The first-order chi connectivity index (χ1) is 7.31. The fourth-order valence-electron chi connectivity index (χ4n) is 1.82. The number of carbonyl (C=O) groups is 1. The molecule has 1 aliphatic rings. The standard InChI is InChI=1S/C12H14NO2/c1-15-11-6-4-5-10(9-11)12(14)13-7-2-3-8-13/h4-6,9H,1-3,7-8H2. The first-order valence-corrected chi connectivity index (χ1v) is 5.12. The largest absolute Gasteiger partial charge is 0.490 e. The molecule has 0 saturated carbocycles. The van der Waals surface area contributed by atoms with Gasteiger partial charge in [0, 0.05) is 18.7 Å². The Labute approximate surface area is 89.7 Å². The van der Waals surface area contributed by atoms with E-state index in [0.717, 1.165) is 25.9 Å². The lowest BCUT2D eigenvalue weighted by Gasteiger charge is -2.15. The van der Waals surface area contributed by atoms with Crippen LogP contribution in [0.25, 0.3) is 0 Å². The Balaban J connectivity index is 2.17. The fourth-order valence-corrected chi connectivity index (χ4v) is 1.82. The highest BCUT2D eigenvalue weighted by Gasteiger charge is 2.19. The summed E-state index contributed by atoms with van der Waals surface area (Å²) in [6.45, 7) is 1.74. The number of nitrogens with zero attached hydrogens (tertiary/aromatic N) is 1. The van der Waals surface area contributed by atoms with Crippen LogP contribution < -0.4 is 4.74 Å². The van der Waals surface area contributed by atoms with E-state index >= 15 is 0 Å². The molecule has 0 atom stereocenters.